The number of piperidine rings is 1. The molecule has 31 heavy (non-hydrogen) atoms. The molecule has 3 aromatic rings. The Labute approximate surface area is 184 Å². The average Bonchev–Trinajstić information content (AvgIpc) is 3.23. The summed E-state index contributed by atoms with van der Waals surface area (Å²) in [6, 6.07) is 14.0. The van der Waals surface area contributed by atoms with Gasteiger partial charge in [0.2, 0.25) is 17.6 Å². The van der Waals surface area contributed by atoms with Gasteiger partial charge in [-0.05, 0) is 62.3 Å². The molecule has 0 aliphatic carbocycles. The highest BCUT2D eigenvalue weighted by atomic mass is 35.5. The van der Waals surface area contributed by atoms with Gasteiger partial charge in [-0.15, -0.1) is 0 Å². The molecule has 2 heterocycles. The Bertz CT molecular complexity index is 1070. The Morgan fingerprint density at radius 3 is 2.55 bits per heavy atom. The number of primary amides is 1. The quantitative estimate of drug-likeness (QED) is 0.608. The number of nitrogens with two attached hydrogens (primary N) is 1. The van der Waals surface area contributed by atoms with Crippen LogP contribution in [0.5, 0.6) is 0 Å². The largest absolute Gasteiger partial charge is 0.366 e. The molecule has 0 radical (unpaired) electrons. The van der Waals surface area contributed by atoms with Gasteiger partial charge in [0.25, 0.3) is 5.91 Å². The number of halogens is 1. The van der Waals surface area contributed by atoms with Crippen molar-refractivity contribution in [3.8, 4) is 11.4 Å². The number of nitrogens with one attached hydrogen (secondary N) is 1. The summed E-state index contributed by atoms with van der Waals surface area (Å²) in [6.45, 7) is 1.99. The van der Waals surface area contributed by atoms with Crippen molar-refractivity contribution in [1.29, 1.82) is 0 Å². The molecule has 0 atom stereocenters. The molecule has 160 valence electrons. The number of nitrogens with zero attached hydrogens (tertiary/aromatic N) is 3. The van der Waals surface area contributed by atoms with Crippen molar-refractivity contribution in [1.82, 2.24) is 15.0 Å². The zero-order valence-electron chi connectivity index (χ0n) is 16.8. The van der Waals surface area contributed by atoms with E-state index in [1.165, 1.54) is 0 Å². The van der Waals surface area contributed by atoms with Crippen LogP contribution in [0.25, 0.3) is 11.4 Å². The van der Waals surface area contributed by atoms with Crippen LogP contribution >= 0.6 is 11.6 Å². The molecule has 0 spiro atoms. The van der Waals surface area contributed by atoms with Crippen LogP contribution in [0.2, 0.25) is 5.02 Å². The summed E-state index contributed by atoms with van der Waals surface area (Å²) in [6.07, 6.45) is 1.39. The number of carbonyl (C=O) groups is 2. The minimum atomic E-state index is -0.566. The van der Waals surface area contributed by atoms with Gasteiger partial charge in [-0.3, -0.25) is 14.5 Å². The van der Waals surface area contributed by atoms with E-state index >= 15 is 0 Å². The standard InChI is InChI=1S/C22H22ClN5O3/c23-16-7-5-14(6-8-16)21-26-19(31-27-21)13-28-11-9-15(10-12-28)22(30)25-18-4-2-1-3-17(18)20(24)29/h1-8,15H,9-13H2,(H2,24,29)(H,25,30). The van der Waals surface area contributed by atoms with Gasteiger partial charge >= 0.3 is 0 Å². The van der Waals surface area contributed by atoms with Gasteiger partial charge in [-0.1, -0.05) is 28.9 Å². The number of anilines is 1. The van der Waals surface area contributed by atoms with Gasteiger partial charge < -0.3 is 15.6 Å². The number of hydrogen-bond donors (Lipinski definition) is 2. The van der Waals surface area contributed by atoms with Crippen LogP contribution < -0.4 is 11.1 Å². The number of benzene rings is 2. The first-order chi connectivity index (χ1) is 15.0. The van der Waals surface area contributed by atoms with Gasteiger partial charge in [-0.25, -0.2) is 0 Å². The third-order valence-electron chi connectivity index (χ3n) is 5.34. The van der Waals surface area contributed by atoms with Crippen molar-refractivity contribution in [2.24, 2.45) is 11.7 Å². The molecule has 0 saturated carbocycles. The van der Waals surface area contributed by atoms with E-state index in [2.05, 4.69) is 20.4 Å². The van der Waals surface area contributed by atoms with E-state index in [1.54, 1.807) is 36.4 Å². The molecule has 1 aromatic heterocycles. The smallest absolute Gasteiger partial charge is 0.250 e. The lowest BCUT2D eigenvalue weighted by Gasteiger charge is -2.30. The Hall–Kier alpha value is -3.23. The van der Waals surface area contributed by atoms with E-state index in [-0.39, 0.29) is 11.8 Å². The second-order valence-electron chi connectivity index (χ2n) is 7.47. The van der Waals surface area contributed by atoms with E-state index < -0.39 is 5.91 Å². The second kappa shape index (κ2) is 9.28. The zero-order chi connectivity index (χ0) is 21.8. The predicted octanol–water partition coefficient (Wildman–Crippen LogP) is 3.34. The first-order valence-corrected chi connectivity index (χ1v) is 10.4. The van der Waals surface area contributed by atoms with E-state index in [4.69, 9.17) is 21.9 Å². The summed E-state index contributed by atoms with van der Waals surface area (Å²) < 4.78 is 5.38. The van der Waals surface area contributed by atoms with Crippen molar-refractivity contribution in [3.05, 3.63) is 65.0 Å². The first-order valence-electron chi connectivity index (χ1n) is 10.00. The normalized spacial score (nSPS) is 15.0. The van der Waals surface area contributed by atoms with Gasteiger partial charge in [0.15, 0.2) is 0 Å². The number of para-hydroxylation sites is 1. The van der Waals surface area contributed by atoms with Crippen molar-refractivity contribution >= 4 is 29.1 Å². The first kappa shape index (κ1) is 21.0. The Morgan fingerprint density at radius 1 is 1.13 bits per heavy atom. The number of carbonyl (C=O) groups excluding carboxylic acids is 2. The monoisotopic (exact) mass is 439 g/mol. The van der Waals surface area contributed by atoms with Crippen LogP contribution in [0.3, 0.4) is 0 Å². The second-order valence-corrected chi connectivity index (χ2v) is 7.90. The predicted molar refractivity (Wildman–Crippen MR) is 116 cm³/mol. The van der Waals surface area contributed by atoms with Gasteiger partial charge in [0, 0.05) is 16.5 Å². The maximum absolute atomic E-state index is 12.7. The summed E-state index contributed by atoms with van der Waals surface area (Å²) in [5, 5.41) is 7.53. The van der Waals surface area contributed by atoms with E-state index in [0.29, 0.717) is 47.4 Å². The average molecular weight is 440 g/mol. The number of aromatic nitrogens is 2. The molecule has 2 aromatic carbocycles. The van der Waals surface area contributed by atoms with Crippen molar-refractivity contribution < 1.29 is 14.1 Å². The molecule has 0 unspecified atom stereocenters. The molecule has 9 heteroatoms. The Balaban J connectivity index is 1.31. The SMILES string of the molecule is NC(=O)c1ccccc1NC(=O)C1CCN(Cc2nc(-c3ccc(Cl)cc3)no2)CC1. The highest BCUT2D eigenvalue weighted by molar-refractivity contribution is 6.30. The zero-order valence-corrected chi connectivity index (χ0v) is 17.5. The molecule has 1 aliphatic heterocycles. The minimum absolute atomic E-state index is 0.101. The topological polar surface area (TPSA) is 114 Å². The number of rotatable bonds is 6. The Kier molecular flexibility index (Phi) is 6.29. The van der Waals surface area contributed by atoms with Crippen LogP contribution in [0.4, 0.5) is 5.69 Å². The summed E-state index contributed by atoms with van der Waals surface area (Å²) in [5.74, 6) is 0.251. The summed E-state index contributed by atoms with van der Waals surface area (Å²) in [7, 11) is 0. The summed E-state index contributed by atoms with van der Waals surface area (Å²) in [5.41, 5.74) is 6.98. The lowest BCUT2D eigenvalue weighted by Crippen LogP contribution is -2.38. The Morgan fingerprint density at radius 2 is 1.84 bits per heavy atom. The van der Waals surface area contributed by atoms with Crippen LogP contribution in [-0.4, -0.2) is 39.9 Å². The molecular weight excluding hydrogens is 418 g/mol. The molecular formula is C22H22ClN5O3. The van der Waals surface area contributed by atoms with Crippen LogP contribution in [0.1, 0.15) is 29.1 Å². The van der Waals surface area contributed by atoms with E-state index in [9.17, 15) is 9.59 Å². The van der Waals surface area contributed by atoms with Crippen LogP contribution in [0.15, 0.2) is 53.1 Å². The molecule has 1 saturated heterocycles. The maximum atomic E-state index is 12.7. The van der Waals surface area contributed by atoms with Gasteiger partial charge in [0.05, 0.1) is 17.8 Å². The fourth-order valence-electron chi connectivity index (χ4n) is 3.62. The number of amides is 2. The van der Waals surface area contributed by atoms with Crippen molar-refractivity contribution in [3.63, 3.8) is 0 Å². The van der Waals surface area contributed by atoms with Gasteiger partial charge in [0.1, 0.15) is 0 Å². The number of hydrogen-bond acceptors (Lipinski definition) is 6. The third kappa shape index (κ3) is 5.10. The maximum Gasteiger partial charge on any atom is 0.250 e. The van der Waals surface area contributed by atoms with E-state index in [0.717, 1.165) is 18.7 Å². The molecule has 0 bridgehead atoms. The molecule has 3 N–H and O–H groups in total. The molecule has 1 aliphatic rings. The number of likely N-dealkylation sites (tertiary alicyclic amines) is 1. The van der Waals surface area contributed by atoms with Crippen LogP contribution in [-0.2, 0) is 11.3 Å². The highest BCUT2D eigenvalue weighted by Gasteiger charge is 2.26. The molecule has 1 fully saturated rings. The third-order valence-corrected chi connectivity index (χ3v) is 5.59. The van der Waals surface area contributed by atoms with E-state index in [1.807, 2.05) is 12.1 Å². The highest BCUT2D eigenvalue weighted by Crippen LogP contribution is 2.23. The fourth-order valence-corrected chi connectivity index (χ4v) is 3.75. The molecule has 8 nitrogen and oxygen atoms in total. The fraction of sp³-hybridized carbons (Fsp3) is 0.273. The van der Waals surface area contributed by atoms with Crippen molar-refractivity contribution in [2.75, 3.05) is 18.4 Å². The summed E-state index contributed by atoms with van der Waals surface area (Å²) in [4.78, 5) is 30.8. The summed E-state index contributed by atoms with van der Waals surface area (Å²) >= 11 is 5.91. The molecule has 4 rings (SSSR count). The van der Waals surface area contributed by atoms with Crippen molar-refractivity contribution in [2.45, 2.75) is 19.4 Å². The lowest BCUT2D eigenvalue weighted by molar-refractivity contribution is -0.121. The van der Waals surface area contributed by atoms with Crippen LogP contribution in [0, 0.1) is 5.92 Å². The minimum Gasteiger partial charge on any atom is -0.366 e. The molecule has 2 amide bonds. The lowest BCUT2D eigenvalue weighted by atomic mass is 9.95. The van der Waals surface area contributed by atoms with Gasteiger partial charge in [-0.2, -0.15) is 4.98 Å².